The van der Waals surface area contributed by atoms with Crippen molar-refractivity contribution in [2.75, 3.05) is 12.3 Å². The molecule has 3 nitrogen and oxygen atoms in total. The van der Waals surface area contributed by atoms with Gasteiger partial charge in [0.15, 0.2) is 9.84 Å². The van der Waals surface area contributed by atoms with Gasteiger partial charge in [-0.05, 0) is 49.4 Å². The monoisotopic (exact) mass is 251 g/mol. The van der Waals surface area contributed by atoms with Gasteiger partial charge >= 0.3 is 0 Å². The predicted molar refractivity (Wildman–Crippen MR) is 66.9 cm³/mol. The van der Waals surface area contributed by atoms with Crippen molar-refractivity contribution in [3.05, 3.63) is 29.3 Å². The zero-order valence-electron chi connectivity index (χ0n) is 9.78. The molecule has 0 bridgehead atoms. The average Bonchev–Trinajstić information content (AvgIpc) is 2.88. The first-order valence-electron chi connectivity index (χ1n) is 6.23. The molecule has 0 spiro atoms. The van der Waals surface area contributed by atoms with E-state index in [0.717, 1.165) is 18.5 Å². The van der Waals surface area contributed by atoms with Crippen molar-refractivity contribution in [2.45, 2.75) is 36.6 Å². The number of sulfone groups is 1. The van der Waals surface area contributed by atoms with Gasteiger partial charge in [-0.15, -0.1) is 0 Å². The Morgan fingerprint density at radius 3 is 3.00 bits per heavy atom. The second-order valence-electron chi connectivity index (χ2n) is 5.01. The summed E-state index contributed by atoms with van der Waals surface area (Å²) in [6.07, 6.45) is 4.19. The second-order valence-corrected chi connectivity index (χ2v) is 7.09. The highest BCUT2D eigenvalue weighted by atomic mass is 32.2. The minimum Gasteiger partial charge on any atom is -0.314 e. The molecule has 1 fully saturated rings. The lowest BCUT2D eigenvalue weighted by Gasteiger charge is -2.10. The average molecular weight is 251 g/mol. The van der Waals surface area contributed by atoms with Gasteiger partial charge in [0, 0.05) is 6.04 Å². The molecule has 4 heteroatoms. The summed E-state index contributed by atoms with van der Waals surface area (Å²) in [5.41, 5.74) is 2.28. The molecule has 0 radical (unpaired) electrons. The Morgan fingerprint density at radius 2 is 2.24 bits per heavy atom. The van der Waals surface area contributed by atoms with Crippen LogP contribution in [0.1, 0.15) is 24.0 Å². The molecule has 1 unspecified atom stereocenters. The number of rotatable bonds is 2. The van der Waals surface area contributed by atoms with Gasteiger partial charge in [0.1, 0.15) is 0 Å². The smallest absolute Gasteiger partial charge is 0.178 e. The number of hydrogen-bond acceptors (Lipinski definition) is 3. The van der Waals surface area contributed by atoms with Crippen LogP contribution in [0.4, 0.5) is 0 Å². The summed E-state index contributed by atoms with van der Waals surface area (Å²) in [5.74, 6) is 0.285. The highest BCUT2D eigenvalue weighted by Gasteiger charge is 2.26. The molecule has 2 aliphatic rings. The minimum atomic E-state index is -2.97. The molecule has 1 aromatic rings. The molecule has 17 heavy (non-hydrogen) atoms. The number of benzene rings is 1. The van der Waals surface area contributed by atoms with Gasteiger partial charge in [-0.1, -0.05) is 12.1 Å². The molecular weight excluding hydrogens is 234 g/mol. The Morgan fingerprint density at radius 1 is 1.35 bits per heavy atom. The van der Waals surface area contributed by atoms with Crippen molar-refractivity contribution in [3.8, 4) is 0 Å². The first-order valence-corrected chi connectivity index (χ1v) is 7.88. The molecule has 2 heterocycles. The molecule has 1 atom stereocenters. The molecule has 3 rings (SSSR count). The SMILES string of the molecule is O=S1(=O)CCc2cc(CC3CCCN3)ccc21. The van der Waals surface area contributed by atoms with Gasteiger partial charge in [0.2, 0.25) is 0 Å². The molecule has 92 valence electrons. The lowest BCUT2D eigenvalue weighted by atomic mass is 10.0. The van der Waals surface area contributed by atoms with Gasteiger partial charge in [-0.25, -0.2) is 8.42 Å². The van der Waals surface area contributed by atoms with Gasteiger partial charge in [-0.3, -0.25) is 0 Å². The van der Waals surface area contributed by atoms with Crippen LogP contribution in [0.25, 0.3) is 0 Å². The maximum Gasteiger partial charge on any atom is 0.178 e. The topological polar surface area (TPSA) is 46.2 Å². The second kappa shape index (κ2) is 4.10. The van der Waals surface area contributed by atoms with Gasteiger partial charge in [-0.2, -0.15) is 0 Å². The van der Waals surface area contributed by atoms with Crippen molar-refractivity contribution < 1.29 is 8.42 Å². The van der Waals surface area contributed by atoms with Crippen LogP contribution in [-0.2, 0) is 22.7 Å². The van der Waals surface area contributed by atoms with Gasteiger partial charge < -0.3 is 5.32 Å². The zero-order chi connectivity index (χ0) is 11.9. The quantitative estimate of drug-likeness (QED) is 0.862. The fraction of sp³-hybridized carbons (Fsp3) is 0.538. The Bertz CT molecular complexity index is 530. The number of fused-ring (bicyclic) bond motifs is 1. The van der Waals surface area contributed by atoms with Gasteiger partial charge in [0.25, 0.3) is 0 Å². The normalized spacial score (nSPS) is 26.0. The van der Waals surface area contributed by atoms with E-state index in [4.69, 9.17) is 0 Å². The van der Waals surface area contributed by atoms with E-state index in [-0.39, 0.29) is 5.75 Å². The molecule has 0 aromatic heterocycles. The summed E-state index contributed by atoms with van der Waals surface area (Å²) in [5, 5.41) is 3.47. The van der Waals surface area contributed by atoms with Crippen LogP contribution in [0.2, 0.25) is 0 Å². The third-order valence-corrected chi connectivity index (χ3v) is 5.55. The molecule has 0 amide bonds. The Labute approximate surface area is 102 Å². The summed E-state index contributed by atoms with van der Waals surface area (Å²) in [6.45, 7) is 1.12. The molecule has 0 aliphatic carbocycles. The number of hydrogen-bond donors (Lipinski definition) is 1. The number of aryl methyl sites for hydroxylation is 1. The summed E-state index contributed by atoms with van der Waals surface area (Å²) in [6, 6.07) is 6.43. The van der Waals surface area contributed by atoms with Crippen LogP contribution in [0.15, 0.2) is 23.1 Å². The van der Waals surface area contributed by atoms with E-state index in [1.54, 1.807) is 6.07 Å². The van der Waals surface area contributed by atoms with E-state index in [0.29, 0.717) is 17.4 Å². The lowest BCUT2D eigenvalue weighted by Crippen LogP contribution is -2.23. The molecule has 2 aliphatic heterocycles. The lowest BCUT2D eigenvalue weighted by molar-refractivity contribution is 0.599. The largest absolute Gasteiger partial charge is 0.314 e. The third-order valence-electron chi connectivity index (χ3n) is 3.74. The van der Waals surface area contributed by atoms with Gasteiger partial charge in [0.05, 0.1) is 10.6 Å². The van der Waals surface area contributed by atoms with Crippen molar-refractivity contribution >= 4 is 9.84 Å². The van der Waals surface area contributed by atoms with E-state index in [9.17, 15) is 8.42 Å². The predicted octanol–water partition coefficient (Wildman–Crippen LogP) is 1.31. The van der Waals surface area contributed by atoms with Crippen LogP contribution in [0.3, 0.4) is 0 Å². The van der Waals surface area contributed by atoms with Crippen LogP contribution in [-0.4, -0.2) is 26.8 Å². The van der Waals surface area contributed by atoms with Crippen LogP contribution < -0.4 is 5.32 Å². The molecule has 0 saturated carbocycles. The Hall–Kier alpha value is -0.870. The zero-order valence-corrected chi connectivity index (χ0v) is 10.6. The van der Waals surface area contributed by atoms with Crippen molar-refractivity contribution in [2.24, 2.45) is 0 Å². The first kappa shape index (κ1) is 11.2. The van der Waals surface area contributed by atoms with E-state index < -0.39 is 9.84 Å². The maximum absolute atomic E-state index is 11.7. The van der Waals surface area contributed by atoms with E-state index in [1.165, 1.54) is 18.4 Å². The fourth-order valence-electron chi connectivity index (χ4n) is 2.83. The summed E-state index contributed by atoms with van der Waals surface area (Å²) in [4.78, 5) is 0.556. The van der Waals surface area contributed by atoms with Crippen molar-refractivity contribution in [3.63, 3.8) is 0 Å². The Balaban J connectivity index is 1.84. The highest BCUT2D eigenvalue weighted by molar-refractivity contribution is 7.91. The Kier molecular flexibility index (Phi) is 2.71. The maximum atomic E-state index is 11.7. The third kappa shape index (κ3) is 2.11. The van der Waals surface area contributed by atoms with Crippen molar-refractivity contribution in [1.29, 1.82) is 0 Å². The summed E-state index contributed by atoms with van der Waals surface area (Å²) < 4.78 is 23.4. The summed E-state index contributed by atoms with van der Waals surface area (Å²) in [7, 11) is -2.97. The summed E-state index contributed by atoms with van der Waals surface area (Å²) >= 11 is 0. The van der Waals surface area contributed by atoms with E-state index in [1.807, 2.05) is 6.07 Å². The molecule has 1 saturated heterocycles. The van der Waals surface area contributed by atoms with Crippen LogP contribution >= 0.6 is 0 Å². The van der Waals surface area contributed by atoms with Crippen molar-refractivity contribution in [1.82, 2.24) is 5.32 Å². The molecular formula is C13H17NO2S. The minimum absolute atomic E-state index is 0.285. The van der Waals surface area contributed by atoms with Crippen LogP contribution in [0.5, 0.6) is 0 Å². The highest BCUT2D eigenvalue weighted by Crippen LogP contribution is 2.27. The number of nitrogens with one attached hydrogen (secondary N) is 1. The molecule has 1 aromatic carbocycles. The fourth-order valence-corrected chi connectivity index (χ4v) is 4.37. The van der Waals surface area contributed by atoms with Crippen LogP contribution in [0, 0.1) is 0 Å². The first-order chi connectivity index (χ1) is 8.15. The molecule has 1 N–H and O–H groups in total. The van der Waals surface area contributed by atoms with E-state index >= 15 is 0 Å². The van der Waals surface area contributed by atoms with E-state index in [2.05, 4.69) is 11.4 Å². The standard InChI is InChI=1S/C13H17NO2S/c15-17(16)7-5-11-8-10(3-4-13(11)17)9-12-2-1-6-14-12/h3-4,8,12,14H,1-2,5-7,9H2.